The van der Waals surface area contributed by atoms with E-state index in [1.807, 2.05) is 6.92 Å². The number of rotatable bonds is 4. The van der Waals surface area contributed by atoms with Gasteiger partial charge in [-0.1, -0.05) is 23.8 Å². The summed E-state index contributed by atoms with van der Waals surface area (Å²) in [5, 5.41) is 5.28. The van der Waals surface area contributed by atoms with E-state index in [1.54, 1.807) is 25.1 Å². The summed E-state index contributed by atoms with van der Waals surface area (Å²) in [5.41, 5.74) is 2.00. The summed E-state index contributed by atoms with van der Waals surface area (Å²) in [6, 6.07) is 5.05. The van der Waals surface area contributed by atoms with Crippen molar-refractivity contribution >= 4 is 17.4 Å². The maximum atomic E-state index is 12.5. The molecule has 0 unspecified atom stereocenters. The number of carbonyl (C=O) groups is 1. The quantitative estimate of drug-likeness (QED) is 0.669. The van der Waals surface area contributed by atoms with Crippen LogP contribution in [0.15, 0.2) is 18.2 Å². The van der Waals surface area contributed by atoms with Gasteiger partial charge in [-0.2, -0.15) is 8.78 Å². The highest BCUT2D eigenvalue weighted by Gasteiger charge is 2.37. The number of halogens is 3. The van der Waals surface area contributed by atoms with Crippen molar-refractivity contribution < 1.29 is 18.7 Å². The number of hydrogen-bond donors (Lipinski definition) is 1. The van der Waals surface area contributed by atoms with Crippen LogP contribution >= 0.6 is 11.6 Å². The Labute approximate surface area is 103 Å². The molecule has 5 heteroatoms. The SMILES string of the molecule is Cc1ccc(C(=O)C[C@H](O)C(F)(F)Cl)c(C)c1. The molecular weight excluding hydrogens is 250 g/mol. The van der Waals surface area contributed by atoms with Gasteiger partial charge in [-0.3, -0.25) is 4.79 Å². The lowest BCUT2D eigenvalue weighted by molar-refractivity contribution is -0.0405. The van der Waals surface area contributed by atoms with Crippen LogP contribution in [0.2, 0.25) is 0 Å². The molecule has 17 heavy (non-hydrogen) atoms. The van der Waals surface area contributed by atoms with E-state index in [4.69, 9.17) is 5.11 Å². The molecule has 0 amide bonds. The summed E-state index contributed by atoms with van der Waals surface area (Å²) >= 11 is 4.64. The van der Waals surface area contributed by atoms with Gasteiger partial charge in [0.15, 0.2) is 5.78 Å². The average molecular weight is 263 g/mol. The lowest BCUT2D eigenvalue weighted by atomic mass is 9.99. The summed E-state index contributed by atoms with van der Waals surface area (Å²) in [6.07, 6.45) is -2.86. The highest BCUT2D eigenvalue weighted by Crippen LogP contribution is 2.27. The van der Waals surface area contributed by atoms with Crippen molar-refractivity contribution in [3.05, 3.63) is 34.9 Å². The standard InChI is InChI=1S/C12H13ClF2O2/c1-7-3-4-9(8(2)5-7)10(16)6-11(17)12(13,14)15/h3-5,11,17H,6H2,1-2H3/t11-/m0/s1. The van der Waals surface area contributed by atoms with Crippen molar-refractivity contribution in [3.63, 3.8) is 0 Å². The Kier molecular flexibility index (Phi) is 4.22. The number of ketones is 1. The van der Waals surface area contributed by atoms with Crippen molar-refractivity contribution in [1.82, 2.24) is 0 Å². The molecule has 0 aliphatic heterocycles. The van der Waals surface area contributed by atoms with Gasteiger partial charge in [0.05, 0.1) is 0 Å². The van der Waals surface area contributed by atoms with Crippen LogP contribution in [0.1, 0.15) is 27.9 Å². The Morgan fingerprint density at radius 1 is 1.47 bits per heavy atom. The van der Waals surface area contributed by atoms with Gasteiger partial charge in [0.1, 0.15) is 6.10 Å². The number of hydrogen-bond acceptors (Lipinski definition) is 2. The maximum absolute atomic E-state index is 12.5. The molecule has 0 aliphatic carbocycles. The average Bonchev–Trinajstić information content (AvgIpc) is 2.15. The van der Waals surface area contributed by atoms with Crippen LogP contribution in [0, 0.1) is 13.8 Å². The molecule has 1 atom stereocenters. The molecule has 0 saturated heterocycles. The van der Waals surface area contributed by atoms with Crippen LogP contribution in [0.5, 0.6) is 0 Å². The van der Waals surface area contributed by atoms with Gasteiger partial charge in [0, 0.05) is 12.0 Å². The van der Waals surface area contributed by atoms with Crippen LogP contribution in [0.4, 0.5) is 8.78 Å². The second-order valence-electron chi connectivity index (χ2n) is 4.00. The summed E-state index contributed by atoms with van der Waals surface area (Å²) in [7, 11) is 0. The monoisotopic (exact) mass is 262 g/mol. The van der Waals surface area contributed by atoms with E-state index in [1.165, 1.54) is 0 Å². The Morgan fingerprint density at radius 3 is 2.53 bits per heavy atom. The van der Waals surface area contributed by atoms with E-state index in [-0.39, 0.29) is 0 Å². The number of aryl methyl sites for hydroxylation is 2. The summed E-state index contributed by atoms with van der Waals surface area (Å²) < 4.78 is 25.0. The van der Waals surface area contributed by atoms with Crippen LogP contribution in [0.25, 0.3) is 0 Å². The summed E-state index contributed by atoms with van der Waals surface area (Å²) in [5.74, 6) is -0.546. The molecule has 0 radical (unpaired) electrons. The molecule has 0 fully saturated rings. The minimum absolute atomic E-state index is 0.329. The van der Waals surface area contributed by atoms with Gasteiger partial charge < -0.3 is 5.11 Å². The lowest BCUT2D eigenvalue weighted by Crippen LogP contribution is -2.30. The largest absolute Gasteiger partial charge is 0.385 e. The molecular formula is C12H13ClF2O2. The molecule has 0 saturated carbocycles. The Hall–Kier alpha value is -1.00. The van der Waals surface area contributed by atoms with Crippen LogP contribution in [-0.4, -0.2) is 22.4 Å². The second-order valence-corrected chi connectivity index (χ2v) is 4.51. The van der Waals surface area contributed by atoms with E-state index in [2.05, 4.69) is 11.6 Å². The fourth-order valence-electron chi connectivity index (χ4n) is 1.53. The minimum atomic E-state index is -3.78. The molecule has 1 N–H and O–H groups in total. The third-order valence-corrected chi connectivity index (χ3v) is 2.69. The molecule has 0 heterocycles. The van der Waals surface area contributed by atoms with Gasteiger partial charge in [-0.25, -0.2) is 0 Å². The van der Waals surface area contributed by atoms with E-state index in [0.29, 0.717) is 11.1 Å². The first-order valence-corrected chi connectivity index (χ1v) is 5.45. The van der Waals surface area contributed by atoms with E-state index >= 15 is 0 Å². The molecule has 1 aromatic rings. The Balaban J connectivity index is 2.84. The first-order chi connectivity index (χ1) is 7.71. The first-order valence-electron chi connectivity index (χ1n) is 5.07. The molecule has 0 spiro atoms. The van der Waals surface area contributed by atoms with Gasteiger partial charge in [0.25, 0.3) is 0 Å². The molecule has 2 nitrogen and oxygen atoms in total. The lowest BCUT2D eigenvalue weighted by Gasteiger charge is -2.15. The van der Waals surface area contributed by atoms with Gasteiger partial charge >= 0.3 is 5.38 Å². The van der Waals surface area contributed by atoms with Gasteiger partial charge in [-0.15, -0.1) is 0 Å². The number of alkyl halides is 3. The Morgan fingerprint density at radius 2 is 2.06 bits per heavy atom. The smallest absolute Gasteiger partial charge is 0.347 e. The third kappa shape index (κ3) is 3.75. The fraction of sp³-hybridized carbons (Fsp3) is 0.417. The summed E-state index contributed by atoms with van der Waals surface area (Å²) in [6.45, 7) is 3.58. The zero-order valence-electron chi connectivity index (χ0n) is 9.51. The highest BCUT2D eigenvalue weighted by molar-refractivity contribution is 6.22. The topological polar surface area (TPSA) is 37.3 Å². The minimum Gasteiger partial charge on any atom is -0.385 e. The number of aliphatic hydroxyl groups is 1. The molecule has 0 aromatic heterocycles. The zero-order chi connectivity index (χ0) is 13.2. The van der Waals surface area contributed by atoms with E-state index in [9.17, 15) is 13.6 Å². The second kappa shape index (κ2) is 5.10. The first kappa shape index (κ1) is 14.1. The predicted molar refractivity (Wildman–Crippen MR) is 61.7 cm³/mol. The zero-order valence-corrected chi connectivity index (χ0v) is 10.3. The van der Waals surface area contributed by atoms with Crippen molar-refractivity contribution in [3.8, 4) is 0 Å². The predicted octanol–water partition coefficient (Wildman–Crippen LogP) is 3.07. The Bertz CT molecular complexity index is 427. The number of benzene rings is 1. The third-order valence-electron chi connectivity index (χ3n) is 2.44. The van der Waals surface area contributed by atoms with Crippen molar-refractivity contribution in [2.75, 3.05) is 0 Å². The summed E-state index contributed by atoms with van der Waals surface area (Å²) in [4.78, 5) is 11.7. The van der Waals surface area contributed by atoms with Gasteiger partial charge in [0.2, 0.25) is 0 Å². The van der Waals surface area contributed by atoms with Crippen LogP contribution in [-0.2, 0) is 0 Å². The number of Topliss-reactive ketones (excluding diaryl/α,β-unsaturated/α-hetero) is 1. The molecule has 0 bridgehead atoms. The molecule has 1 aromatic carbocycles. The normalized spacial score (nSPS) is 13.5. The highest BCUT2D eigenvalue weighted by atomic mass is 35.5. The molecule has 0 aliphatic rings. The van der Waals surface area contributed by atoms with Crippen molar-refractivity contribution in [2.24, 2.45) is 0 Å². The fourth-order valence-corrected chi connectivity index (χ4v) is 1.60. The van der Waals surface area contributed by atoms with Crippen LogP contribution in [0.3, 0.4) is 0 Å². The van der Waals surface area contributed by atoms with E-state index < -0.39 is 23.7 Å². The van der Waals surface area contributed by atoms with Gasteiger partial charge in [-0.05, 0) is 31.0 Å². The molecule has 94 valence electrons. The number of carbonyl (C=O) groups excluding carboxylic acids is 1. The van der Waals surface area contributed by atoms with E-state index in [0.717, 1.165) is 5.56 Å². The van der Waals surface area contributed by atoms with Crippen molar-refractivity contribution in [2.45, 2.75) is 31.8 Å². The maximum Gasteiger partial charge on any atom is 0.347 e. The number of aliphatic hydroxyl groups excluding tert-OH is 1. The van der Waals surface area contributed by atoms with Crippen LogP contribution < -0.4 is 0 Å². The molecule has 1 rings (SSSR count). The van der Waals surface area contributed by atoms with Crippen molar-refractivity contribution in [1.29, 1.82) is 0 Å².